The molecule has 0 aliphatic carbocycles. The molecule has 23 heavy (non-hydrogen) atoms. The van der Waals surface area contributed by atoms with Crippen molar-refractivity contribution >= 4 is 5.91 Å². The number of carbonyl (C=O) groups excluding carboxylic acids is 1. The molecule has 6 nitrogen and oxygen atoms in total. The lowest BCUT2D eigenvalue weighted by Crippen LogP contribution is -2.50. The normalized spacial score (nSPS) is 21.0. The number of rotatable bonds is 7. The fourth-order valence-electron chi connectivity index (χ4n) is 2.47. The van der Waals surface area contributed by atoms with Crippen molar-refractivity contribution in [3.05, 3.63) is 29.6 Å². The van der Waals surface area contributed by atoms with Gasteiger partial charge < -0.3 is 14.8 Å². The number of carbonyl (C=O) groups is 1. The van der Waals surface area contributed by atoms with Crippen molar-refractivity contribution in [2.45, 2.75) is 52.3 Å². The largest absolute Gasteiger partial charge is 0.379 e. The standard InChI is InChI=1S/C17H27N3O3/c1-13(2)6-11-23-16-7-10-22-12-15(16)18-17(21)5-9-20-8-4-14(3)19-20/h4,6,8,15-16H,5,7,9-12H2,1-3H3,(H,18,21)/t15-,16+/m0/s1. The summed E-state index contributed by atoms with van der Waals surface area (Å²) in [6, 6.07) is 1.85. The fraction of sp³-hybridized carbons (Fsp3) is 0.647. The van der Waals surface area contributed by atoms with Crippen LogP contribution in [0.25, 0.3) is 0 Å². The third-order valence-electron chi connectivity index (χ3n) is 3.78. The highest BCUT2D eigenvalue weighted by atomic mass is 16.5. The van der Waals surface area contributed by atoms with Crippen LogP contribution in [-0.4, -0.2) is 47.7 Å². The van der Waals surface area contributed by atoms with E-state index in [9.17, 15) is 4.79 Å². The quantitative estimate of drug-likeness (QED) is 0.778. The summed E-state index contributed by atoms with van der Waals surface area (Å²) in [7, 11) is 0. The SMILES string of the molecule is CC(C)=CCO[C@@H]1CCOC[C@@H]1NC(=O)CCn1ccc(C)n1. The molecule has 0 radical (unpaired) electrons. The van der Waals surface area contributed by atoms with Gasteiger partial charge in [0.1, 0.15) is 0 Å². The predicted octanol–water partition coefficient (Wildman–Crippen LogP) is 1.84. The lowest BCUT2D eigenvalue weighted by atomic mass is 10.1. The Kier molecular flexibility index (Phi) is 6.80. The second-order valence-corrected chi connectivity index (χ2v) is 6.16. The van der Waals surface area contributed by atoms with E-state index in [2.05, 4.69) is 10.4 Å². The molecule has 1 aliphatic rings. The predicted molar refractivity (Wildman–Crippen MR) is 88.1 cm³/mol. The van der Waals surface area contributed by atoms with Crippen molar-refractivity contribution < 1.29 is 14.3 Å². The molecule has 1 saturated heterocycles. The number of aryl methyl sites for hydroxylation is 2. The summed E-state index contributed by atoms with van der Waals surface area (Å²) in [4.78, 5) is 12.1. The number of amides is 1. The van der Waals surface area contributed by atoms with Crippen LogP contribution in [0, 0.1) is 6.92 Å². The van der Waals surface area contributed by atoms with E-state index in [-0.39, 0.29) is 18.1 Å². The van der Waals surface area contributed by atoms with E-state index in [1.807, 2.05) is 39.1 Å². The molecule has 2 atom stereocenters. The second kappa shape index (κ2) is 8.84. The third-order valence-corrected chi connectivity index (χ3v) is 3.78. The van der Waals surface area contributed by atoms with E-state index in [0.717, 1.165) is 12.1 Å². The Morgan fingerprint density at radius 2 is 2.39 bits per heavy atom. The Balaban J connectivity index is 1.78. The van der Waals surface area contributed by atoms with Gasteiger partial charge in [0.05, 0.1) is 31.1 Å². The third kappa shape index (κ3) is 6.15. The van der Waals surface area contributed by atoms with Crippen LogP contribution >= 0.6 is 0 Å². The molecule has 0 spiro atoms. The van der Waals surface area contributed by atoms with Crippen LogP contribution in [0.15, 0.2) is 23.9 Å². The van der Waals surface area contributed by atoms with Crippen LogP contribution in [0.2, 0.25) is 0 Å². The number of nitrogens with one attached hydrogen (secondary N) is 1. The van der Waals surface area contributed by atoms with Gasteiger partial charge in [-0.3, -0.25) is 9.48 Å². The lowest BCUT2D eigenvalue weighted by molar-refractivity contribution is -0.126. The first-order valence-corrected chi connectivity index (χ1v) is 8.16. The van der Waals surface area contributed by atoms with Gasteiger partial charge in [-0.2, -0.15) is 5.10 Å². The van der Waals surface area contributed by atoms with Gasteiger partial charge in [-0.05, 0) is 33.3 Å². The average molecular weight is 321 g/mol. The number of aromatic nitrogens is 2. The Labute approximate surface area is 137 Å². The molecule has 2 heterocycles. The van der Waals surface area contributed by atoms with E-state index < -0.39 is 0 Å². The van der Waals surface area contributed by atoms with E-state index in [1.54, 1.807) is 4.68 Å². The highest BCUT2D eigenvalue weighted by molar-refractivity contribution is 5.76. The Bertz CT molecular complexity index is 535. The minimum atomic E-state index is -0.0823. The number of nitrogens with zero attached hydrogens (tertiary/aromatic N) is 2. The maximum atomic E-state index is 12.1. The molecule has 0 unspecified atom stereocenters. The minimum Gasteiger partial charge on any atom is -0.379 e. The smallest absolute Gasteiger partial charge is 0.222 e. The van der Waals surface area contributed by atoms with Crippen molar-refractivity contribution in [1.82, 2.24) is 15.1 Å². The fourth-order valence-corrected chi connectivity index (χ4v) is 2.47. The average Bonchev–Trinajstić information content (AvgIpc) is 2.92. The van der Waals surface area contributed by atoms with Gasteiger partial charge in [-0.25, -0.2) is 0 Å². The Hall–Kier alpha value is -1.66. The van der Waals surface area contributed by atoms with Gasteiger partial charge in [-0.15, -0.1) is 0 Å². The van der Waals surface area contributed by atoms with Crippen molar-refractivity contribution in [2.75, 3.05) is 19.8 Å². The molecular weight excluding hydrogens is 294 g/mol. The highest BCUT2D eigenvalue weighted by Gasteiger charge is 2.27. The molecule has 1 fully saturated rings. The van der Waals surface area contributed by atoms with E-state index in [4.69, 9.17) is 9.47 Å². The molecule has 2 rings (SSSR count). The van der Waals surface area contributed by atoms with Crippen LogP contribution < -0.4 is 5.32 Å². The number of hydrogen-bond donors (Lipinski definition) is 1. The molecule has 1 aromatic rings. The van der Waals surface area contributed by atoms with Crippen LogP contribution in [0.1, 0.15) is 32.4 Å². The molecule has 1 aliphatic heterocycles. The molecule has 6 heteroatoms. The molecule has 0 bridgehead atoms. The number of hydrogen-bond acceptors (Lipinski definition) is 4. The summed E-state index contributed by atoms with van der Waals surface area (Å²) < 4.78 is 13.2. The van der Waals surface area contributed by atoms with Gasteiger partial charge in [0.15, 0.2) is 0 Å². The summed E-state index contributed by atoms with van der Waals surface area (Å²) in [6.45, 7) is 8.37. The number of ether oxygens (including phenoxy) is 2. The molecule has 1 N–H and O–H groups in total. The molecule has 1 amide bonds. The Morgan fingerprint density at radius 3 is 3.09 bits per heavy atom. The molecule has 128 valence electrons. The van der Waals surface area contributed by atoms with Gasteiger partial charge in [0, 0.05) is 25.8 Å². The molecule has 0 aromatic carbocycles. The van der Waals surface area contributed by atoms with Crippen LogP contribution in [-0.2, 0) is 20.8 Å². The molecule has 1 aromatic heterocycles. The molecule has 0 saturated carbocycles. The summed E-state index contributed by atoms with van der Waals surface area (Å²) in [5.74, 6) is 0.00414. The van der Waals surface area contributed by atoms with Crippen molar-refractivity contribution in [3.63, 3.8) is 0 Å². The maximum absolute atomic E-state index is 12.1. The first-order valence-electron chi connectivity index (χ1n) is 8.16. The minimum absolute atomic E-state index is 0.00414. The monoisotopic (exact) mass is 321 g/mol. The van der Waals surface area contributed by atoms with Crippen molar-refractivity contribution in [2.24, 2.45) is 0 Å². The van der Waals surface area contributed by atoms with Crippen LogP contribution in [0.4, 0.5) is 0 Å². The Morgan fingerprint density at radius 1 is 1.57 bits per heavy atom. The van der Waals surface area contributed by atoms with E-state index in [1.165, 1.54) is 5.57 Å². The second-order valence-electron chi connectivity index (χ2n) is 6.16. The van der Waals surface area contributed by atoms with Crippen molar-refractivity contribution in [3.8, 4) is 0 Å². The first kappa shape index (κ1) is 17.7. The molecular formula is C17H27N3O3. The van der Waals surface area contributed by atoms with E-state index >= 15 is 0 Å². The first-order chi connectivity index (χ1) is 11.0. The van der Waals surface area contributed by atoms with Gasteiger partial charge in [0.2, 0.25) is 5.91 Å². The van der Waals surface area contributed by atoms with Gasteiger partial charge >= 0.3 is 0 Å². The summed E-state index contributed by atoms with van der Waals surface area (Å²) in [5.41, 5.74) is 2.19. The zero-order valence-electron chi connectivity index (χ0n) is 14.2. The summed E-state index contributed by atoms with van der Waals surface area (Å²) in [6.07, 6.45) is 5.15. The van der Waals surface area contributed by atoms with Crippen LogP contribution in [0.3, 0.4) is 0 Å². The van der Waals surface area contributed by atoms with E-state index in [0.29, 0.717) is 32.8 Å². The lowest BCUT2D eigenvalue weighted by Gasteiger charge is -2.31. The zero-order chi connectivity index (χ0) is 16.7. The highest BCUT2D eigenvalue weighted by Crippen LogP contribution is 2.12. The number of allylic oxidation sites excluding steroid dienone is 1. The topological polar surface area (TPSA) is 65.4 Å². The maximum Gasteiger partial charge on any atom is 0.222 e. The van der Waals surface area contributed by atoms with Crippen molar-refractivity contribution in [1.29, 1.82) is 0 Å². The van der Waals surface area contributed by atoms with Gasteiger partial charge in [-0.1, -0.05) is 11.6 Å². The van der Waals surface area contributed by atoms with Crippen LogP contribution in [0.5, 0.6) is 0 Å². The zero-order valence-corrected chi connectivity index (χ0v) is 14.2. The van der Waals surface area contributed by atoms with Gasteiger partial charge in [0.25, 0.3) is 0 Å². The summed E-state index contributed by atoms with van der Waals surface area (Å²) in [5, 5.41) is 7.32. The summed E-state index contributed by atoms with van der Waals surface area (Å²) >= 11 is 0.